The van der Waals surface area contributed by atoms with Gasteiger partial charge in [0.1, 0.15) is 17.3 Å². The Kier molecular flexibility index (Phi) is 5.71. The number of para-hydroxylation sites is 1. The summed E-state index contributed by atoms with van der Waals surface area (Å²) in [5.74, 6) is 0.989. The van der Waals surface area contributed by atoms with Gasteiger partial charge in [0.2, 0.25) is 0 Å². The Morgan fingerprint density at radius 2 is 1.65 bits per heavy atom. The topological polar surface area (TPSA) is 50.4 Å². The molecule has 0 aliphatic carbocycles. The number of halogens is 2. The van der Waals surface area contributed by atoms with Crippen molar-refractivity contribution in [2.24, 2.45) is 0 Å². The minimum absolute atomic E-state index is 0.195. The first-order valence-electron chi connectivity index (χ1n) is 7.92. The molecule has 3 aromatic carbocycles. The van der Waals surface area contributed by atoms with Crippen LogP contribution < -0.4 is 15.4 Å². The molecular formula is C20H16ClFN2O2. The smallest absolute Gasteiger partial charge is 0.319 e. The van der Waals surface area contributed by atoms with Gasteiger partial charge in [-0.25, -0.2) is 9.18 Å². The number of carbonyl (C=O) groups is 1. The number of ether oxygens (including phenoxy) is 1. The molecule has 0 saturated heterocycles. The standard InChI is InChI=1S/C20H16ClFN2O2/c21-19-12-15(22)7-6-14(19)13-23-20(25)24-16-8-10-18(11-9-16)26-17-4-2-1-3-5-17/h1-12H,13H2,(H2,23,24,25). The van der Waals surface area contributed by atoms with Crippen molar-refractivity contribution in [3.8, 4) is 11.5 Å². The molecule has 0 atom stereocenters. The van der Waals surface area contributed by atoms with Crippen molar-refractivity contribution in [1.29, 1.82) is 0 Å². The molecule has 0 radical (unpaired) electrons. The average Bonchev–Trinajstić information content (AvgIpc) is 2.63. The Morgan fingerprint density at radius 1 is 0.962 bits per heavy atom. The van der Waals surface area contributed by atoms with E-state index in [9.17, 15) is 9.18 Å². The maximum Gasteiger partial charge on any atom is 0.319 e. The highest BCUT2D eigenvalue weighted by Gasteiger charge is 2.06. The fourth-order valence-electron chi connectivity index (χ4n) is 2.25. The lowest BCUT2D eigenvalue weighted by Crippen LogP contribution is -2.28. The molecule has 4 nitrogen and oxygen atoms in total. The normalized spacial score (nSPS) is 10.2. The number of nitrogens with one attached hydrogen (secondary N) is 2. The Balaban J connectivity index is 1.52. The predicted octanol–water partition coefficient (Wildman–Crippen LogP) is 5.59. The van der Waals surface area contributed by atoms with Crippen LogP contribution in [0.2, 0.25) is 5.02 Å². The third-order valence-corrected chi connectivity index (χ3v) is 3.90. The molecule has 0 spiro atoms. The molecule has 0 bridgehead atoms. The van der Waals surface area contributed by atoms with E-state index in [1.165, 1.54) is 18.2 Å². The molecule has 0 heterocycles. The van der Waals surface area contributed by atoms with Crippen LogP contribution in [0.15, 0.2) is 72.8 Å². The van der Waals surface area contributed by atoms with Crippen LogP contribution in [0.25, 0.3) is 0 Å². The van der Waals surface area contributed by atoms with E-state index in [0.29, 0.717) is 17.0 Å². The first-order valence-corrected chi connectivity index (χ1v) is 8.30. The summed E-state index contributed by atoms with van der Waals surface area (Å²) in [5.41, 5.74) is 1.25. The molecule has 26 heavy (non-hydrogen) atoms. The summed E-state index contributed by atoms with van der Waals surface area (Å²) < 4.78 is 18.7. The predicted molar refractivity (Wildman–Crippen MR) is 100 cm³/mol. The van der Waals surface area contributed by atoms with Gasteiger partial charge in [0, 0.05) is 17.3 Å². The van der Waals surface area contributed by atoms with Gasteiger partial charge in [0.25, 0.3) is 0 Å². The van der Waals surface area contributed by atoms with Crippen LogP contribution in [0.3, 0.4) is 0 Å². The van der Waals surface area contributed by atoms with Gasteiger partial charge in [-0.1, -0.05) is 35.9 Å². The van der Waals surface area contributed by atoms with Crippen LogP contribution in [0.5, 0.6) is 11.5 Å². The summed E-state index contributed by atoms with van der Waals surface area (Å²) in [5, 5.41) is 5.66. The Bertz CT molecular complexity index is 886. The fraction of sp³-hybridized carbons (Fsp3) is 0.0500. The highest BCUT2D eigenvalue weighted by Crippen LogP contribution is 2.22. The van der Waals surface area contributed by atoms with E-state index in [1.807, 2.05) is 30.3 Å². The third kappa shape index (κ3) is 4.97. The Morgan fingerprint density at radius 3 is 2.35 bits per heavy atom. The van der Waals surface area contributed by atoms with Gasteiger partial charge >= 0.3 is 6.03 Å². The summed E-state index contributed by atoms with van der Waals surface area (Å²) in [4.78, 5) is 12.0. The van der Waals surface area contributed by atoms with Crippen LogP contribution in [0.1, 0.15) is 5.56 Å². The van der Waals surface area contributed by atoms with Gasteiger partial charge < -0.3 is 15.4 Å². The number of rotatable bonds is 5. The maximum atomic E-state index is 13.0. The van der Waals surface area contributed by atoms with Gasteiger partial charge in [0.05, 0.1) is 0 Å². The average molecular weight is 371 g/mol. The molecule has 0 aliphatic rings. The summed E-state index contributed by atoms with van der Waals surface area (Å²) in [6.45, 7) is 0.195. The summed E-state index contributed by atoms with van der Waals surface area (Å²) >= 11 is 5.93. The number of benzene rings is 3. The minimum atomic E-state index is -0.416. The molecule has 3 rings (SSSR count). The van der Waals surface area contributed by atoms with Crippen LogP contribution in [-0.2, 0) is 6.54 Å². The van der Waals surface area contributed by atoms with Gasteiger partial charge in [-0.15, -0.1) is 0 Å². The van der Waals surface area contributed by atoms with Crippen molar-refractivity contribution < 1.29 is 13.9 Å². The van der Waals surface area contributed by atoms with Gasteiger partial charge in [-0.2, -0.15) is 0 Å². The number of urea groups is 1. The van der Waals surface area contributed by atoms with E-state index in [4.69, 9.17) is 16.3 Å². The van der Waals surface area contributed by atoms with Crippen molar-refractivity contribution >= 4 is 23.3 Å². The lowest BCUT2D eigenvalue weighted by atomic mass is 10.2. The number of amides is 2. The fourth-order valence-corrected chi connectivity index (χ4v) is 2.48. The van der Waals surface area contributed by atoms with Crippen LogP contribution in [0, 0.1) is 5.82 Å². The molecule has 0 fully saturated rings. The quantitative estimate of drug-likeness (QED) is 0.614. The number of hydrogen-bond donors (Lipinski definition) is 2. The summed E-state index contributed by atoms with van der Waals surface area (Å²) in [6.07, 6.45) is 0. The summed E-state index contributed by atoms with van der Waals surface area (Å²) in [6, 6.07) is 20.1. The molecule has 6 heteroatoms. The number of hydrogen-bond acceptors (Lipinski definition) is 2. The second kappa shape index (κ2) is 8.36. The zero-order valence-corrected chi connectivity index (χ0v) is 14.5. The molecule has 0 aliphatic heterocycles. The molecule has 0 unspecified atom stereocenters. The molecule has 2 amide bonds. The maximum absolute atomic E-state index is 13.0. The number of carbonyl (C=O) groups excluding carboxylic acids is 1. The van der Waals surface area contributed by atoms with E-state index < -0.39 is 5.82 Å². The van der Waals surface area contributed by atoms with Crippen molar-refractivity contribution in [2.45, 2.75) is 6.54 Å². The van der Waals surface area contributed by atoms with E-state index >= 15 is 0 Å². The second-order valence-corrected chi connectivity index (χ2v) is 5.89. The highest BCUT2D eigenvalue weighted by molar-refractivity contribution is 6.31. The SMILES string of the molecule is O=C(NCc1ccc(F)cc1Cl)Nc1ccc(Oc2ccccc2)cc1. The second-order valence-electron chi connectivity index (χ2n) is 5.48. The van der Waals surface area contributed by atoms with E-state index in [2.05, 4.69) is 10.6 Å². The van der Waals surface area contributed by atoms with Crippen molar-refractivity contribution in [3.05, 3.63) is 89.2 Å². The zero-order valence-electron chi connectivity index (χ0n) is 13.7. The molecule has 2 N–H and O–H groups in total. The van der Waals surface area contributed by atoms with Crippen molar-refractivity contribution in [3.63, 3.8) is 0 Å². The molecule has 132 valence electrons. The minimum Gasteiger partial charge on any atom is -0.457 e. The highest BCUT2D eigenvalue weighted by atomic mass is 35.5. The van der Waals surface area contributed by atoms with Gasteiger partial charge in [-0.3, -0.25) is 0 Å². The largest absolute Gasteiger partial charge is 0.457 e. The zero-order chi connectivity index (χ0) is 18.4. The molecule has 0 aromatic heterocycles. The molecule has 3 aromatic rings. The van der Waals surface area contributed by atoms with Crippen molar-refractivity contribution in [2.75, 3.05) is 5.32 Å². The molecular weight excluding hydrogens is 355 g/mol. The van der Waals surface area contributed by atoms with E-state index in [0.717, 1.165) is 5.75 Å². The summed E-state index contributed by atoms with van der Waals surface area (Å²) in [7, 11) is 0. The van der Waals surface area contributed by atoms with Gasteiger partial charge in [0.15, 0.2) is 0 Å². The van der Waals surface area contributed by atoms with E-state index in [-0.39, 0.29) is 17.6 Å². The third-order valence-electron chi connectivity index (χ3n) is 3.55. The number of anilines is 1. The first kappa shape index (κ1) is 17.8. The Hall–Kier alpha value is -3.05. The Labute approximate surface area is 155 Å². The van der Waals surface area contributed by atoms with Crippen molar-refractivity contribution in [1.82, 2.24) is 5.32 Å². The first-order chi connectivity index (χ1) is 12.6. The lowest BCUT2D eigenvalue weighted by molar-refractivity contribution is 0.251. The van der Waals surface area contributed by atoms with Crippen LogP contribution in [0.4, 0.5) is 14.9 Å². The lowest BCUT2D eigenvalue weighted by Gasteiger charge is -2.10. The van der Waals surface area contributed by atoms with Crippen LogP contribution >= 0.6 is 11.6 Å². The monoisotopic (exact) mass is 370 g/mol. The molecule has 0 saturated carbocycles. The van der Waals surface area contributed by atoms with Crippen LogP contribution in [-0.4, -0.2) is 6.03 Å². The van der Waals surface area contributed by atoms with E-state index in [1.54, 1.807) is 24.3 Å². The van der Waals surface area contributed by atoms with Gasteiger partial charge in [-0.05, 0) is 54.1 Å².